The molecule has 6 heteroatoms. The minimum atomic E-state index is -0.727. The summed E-state index contributed by atoms with van der Waals surface area (Å²) in [5.74, 6) is 0.700. The van der Waals surface area contributed by atoms with E-state index in [1.165, 1.54) is 0 Å². The van der Waals surface area contributed by atoms with Gasteiger partial charge in [0, 0.05) is 17.7 Å². The Morgan fingerprint density at radius 1 is 1.31 bits per heavy atom. The highest BCUT2D eigenvalue weighted by Gasteiger charge is 2.43. The molecule has 2 atom stereocenters. The van der Waals surface area contributed by atoms with Crippen LogP contribution in [0.3, 0.4) is 0 Å². The Morgan fingerprint density at radius 2 is 2.04 bits per heavy atom. The molecule has 0 saturated heterocycles. The number of pyridine rings is 1. The first-order valence-corrected chi connectivity index (χ1v) is 9.61. The summed E-state index contributed by atoms with van der Waals surface area (Å²) in [7, 11) is 0. The molecular formula is C20H27ClN2O3. The average molecular weight is 379 g/mol. The van der Waals surface area contributed by atoms with Crippen molar-refractivity contribution in [2.75, 3.05) is 6.54 Å². The van der Waals surface area contributed by atoms with Gasteiger partial charge in [-0.15, -0.1) is 0 Å². The second kappa shape index (κ2) is 7.22. The van der Waals surface area contributed by atoms with Crippen molar-refractivity contribution >= 4 is 22.5 Å². The van der Waals surface area contributed by atoms with Crippen LogP contribution in [0.1, 0.15) is 57.2 Å². The molecule has 2 N–H and O–H groups in total. The number of unbranched alkanes of at least 4 members (excludes halogenated alkanes) is 2. The number of hydrogen-bond acceptors (Lipinski definition) is 4. The van der Waals surface area contributed by atoms with Gasteiger partial charge in [-0.05, 0) is 57.0 Å². The quantitative estimate of drug-likeness (QED) is 0.359. The van der Waals surface area contributed by atoms with E-state index in [9.17, 15) is 10.3 Å². The van der Waals surface area contributed by atoms with Crippen molar-refractivity contribution in [3.05, 3.63) is 39.7 Å². The summed E-state index contributed by atoms with van der Waals surface area (Å²) in [6.45, 7) is 8.65. The van der Waals surface area contributed by atoms with Gasteiger partial charge in [0.15, 0.2) is 0 Å². The Balaban J connectivity index is 2.09. The van der Waals surface area contributed by atoms with E-state index in [1.54, 1.807) is 12.1 Å². The van der Waals surface area contributed by atoms with Crippen molar-refractivity contribution in [3.8, 4) is 5.75 Å². The average Bonchev–Trinajstić information content (AvgIpc) is 2.58. The number of aliphatic hydroxyl groups is 1. The zero-order valence-electron chi connectivity index (χ0n) is 15.8. The largest absolute Gasteiger partial charge is 0.617 e. The summed E-state index contributed by atoms with van der Waals surface area (Å²) in [6, 6.07) is 5.05. The van der Waals surface area contributed by atoms with Gasteiger partial charge in [0.2, 0.25) is 5.52 Å². The van der Waals surface area contributed by atoms with Crippen molar-refractivity contribution in [1.29, 1.82) is 0 Å². The fourth-order valence-corrected chi connectivity index (χ4v) is 3.85. The number of rotatable bonds is 5. The SMILES string of the molecule is CCCCCN[C@H]1c2cc3c(cc2OC(C)(C)[C@@H]1O)c(C)cc(Cl)[n+]3[O-]. The van der Waals surface area contributed by atoms with E-state index in [0.717, 1.165) is 47.1 Å². The van der Waals surface area contributed by atoms with Gasteiger partial charge in [-0.1, -0.05) is 19.8 Å². The molecule has 0 radical (unpaired) electrons. The summed E-state index contributed by atoms with van der Waals surface area (Å²) in [5.41, 5.74) is 1.48. The maximum Gasteiger partial charge on any atom is 0.287 e. The molecular weight excluding hydrogens is 352 g/mol. The zero-order valence-corrected chi connectivity index (χ0v) is 16.6. The molecule has 26 heavy (non-hydrogen) atoms. The van der Waals surface area contributed by atoms with Gasteiger partial charge < -0.3 is 20.4 Å². The summed E-state index contributed by atoms with van der Waals surface area (Å²) in [5, 5.41) is 27.7. The van der Waals surface area contributed by atoms with Gasteiger partial charge in [-0.25, -0.2) is 0 Å². The minimum absolute atomic E-state index is 0.139. The van der Waals surface area contributed by atoms with Crippen LogP contribution < -0.4 is 14.8 Å². The van der Waals surface area contributed by atoms with Crippen molar-refractivity contribution in [1.82, 2.24) is 5.32 Å². The Morgan fingerprint density at radius 3 is 2.73 bits per heavy atom. The molecule has 0 aliphatic carbocycles. The van der Waals surface area contributed by atoms with Crippen LogP contribution in [0.5, 0.6) is 5.75 Å². The number of aryl methyl sites for hydroxylation is 1. The number of benzene rings is 1. The number of nitrogens with zero attached hydrogens (tertiary/aromatic N) is 1. The van der Waals surface area contributed by atoms with E-state index in [2.05, 4.69) is 12.2 Å². The number of halogens is 1. The fourth-order valence-electron chi connectivity index (χ4n) is 3.60. The number of fused-ring (bicyclic) bond motifs is 2. The highest BCUT2D eigenvalue weighted by atomic mass is 35.5. The molecule has 0 spiro atoms. The Kier molecular flexibility index (Phi) is 5.33. The van der Waals surface area contributed by atoms with Crippen molar-refractivity contribution in [2.45, 2.75) is 64.7 Å². The van der Waals surface area contributed by atoms with Gasteiger partial charge in [0.25, 0.3) is 5.15 Å². The van der Waals surface area contributed by atoms with Crippen molar-refractivity contribution in [2.24, 2.45) is 0 Å². The molecule has 1 aliphatic heterocycles. The van der Waals surface area contributed by atoms with E-state index in [0.29, 0.717) is 11.3 Å². The molecule has 5 nitrogen and oxygen atoms in total. The number of ether oxygens (including phenoxy) is 1. The van der Waals surface area contributed by atoms with Gasteiger partial charge in [0.1, 0.15) is 17.5 Å². The molecule has 0 unspecified atom stereocenters. The van der Waals surface area contributed by atoms with Crippen LogP contribution in [0.15, 0.2) is 18.2 Å². The highest BCUT2D eigenvalue weighted by molar-refractivity contribution is 6.28. The molecule has 1 aromatic carbocycles. The molecule has 1 aliphatic rings. The summed E-state index contributed by atoms with van der Waals surface area (Å²) < 4.78 is 6.81. The van der Waals surface area contributed by atoms with Crippen LogP contribution in [0.25, 0.3) is 10.9 Å². The number of aliphatic hydroxyl groups excluding tert-OH is 1. The summed E-state index contributed by atoms with van der Waals surface area (Å²) in [6.07, 6.45) is 2.58. The van der Waals surface area contributed by atoms with E-state index >= 15 is 0 Å². The molecule has 142 valence electrons. The monoisotopic (exact) mass is 378 g/mol. The predicted molar refractivity (Wildman–Crippen MR) is 104 cm³/mol. The topological polar surface area (TPSA) is 68.4 Å². The minimum Gasteiger partial charge on any atom is -0.617 e. The van der Waals surface area contributed by atoms with Crippen molar-refractivity contribution in [3.63, 3.8) is 0 Å². The Hall–Kier alpha value is -1.56. The molecule has 2 aromatic rings. The van der Waals surface area contributed by atoms with Gasteiger partial charge in [-0.3, -0.25) is 0 Å². The molecule has 0 saturated carbocycles. The standard InChI is InChI=1S/C20H27ClN2O3/c1-5-6-7-8-22-18-14-10-15-13(12(2)9-17(21)23(15)25)11-16(14)26-20(3,4)19(18)24/h9-11,18-19,22,24H,5-8H2,1-4H3/t18-,19+/m0/s1. The first kappa shape index (κ1) is 19.2. The van der Waals surface area contributed by atoms with Crippen LogP contribution in [0.4, 0.5) is 0 Å². The lowest BCUT2D eigenvalue weighted by Gasteiger charge is -2.42. The molecule has 1 aromatic heterocycles. The third kappa shape index (κ3) is 3.36. The van der Waals surface area contributed by atoms with E-state index in [4.69, 9.17) is 16.3 Å². The fraction of sp³-hybridized carbons (Fsp3) is 0.550. The first-order valence-electron chi connectivity index (χ1n) is 9.23. The molecule has 3 rings (SSSR count). The normalized spacial score (nSPS) is 21.5. The smallest absolute Gasteiger partial charge is 0.287 e. The number of aromatic nitrogens is 1. The second-order valence-electron chi connectivity index (χ2n) is 7.64. The first-order chi connectivity index (χ1) is 12.3. The Bertz CT molecular complexity index is 823. The maximum atomic E-state index is 12.4. The van der Waals surface area contributed by atoms with E-state index in [1.807, 2.05) is 26.8 Å². The lowest BCUT2D eigenvalue weighted by atomic mass is 9.85. The summed E-state index contributed by atoms with van der Waals surface area (Å²) >= 11 is 6.06. The van der Waals surface area contributed by atoms with Gasteiger partial charge in [-0.2, -0.15) is 4.73 Å². The third-order valence-electron chi connectivity index (χ3n) is 5.18. The zero-order chi connectivity index (χ0) is 19.1. The Labute approximate surface area is 159 Å². The lowest BCUT2D eigenvalue weighted by molar-refractivity contribution is -0.574. The van der Waals surface area contributed by atoms with Crippen LogP contribution in [0, 0.1) is 12.1 Å². The van der Waals surface area contributed by atoms with Gasteiger partial charge in [0.05, 0.1) is 11.4 Å². The van der Waals surface area contributed by atoms with Crippen LogP contribution in [0.2, 0.25) is 5.15 Å². The van der Waals surface area contributed by atoms with Crippen LogP contribution in [-0.4, -0.2) is 23.4 Å². The third-order valence-corrected chi connectivity index (χ3v) is 5.44. The molecule has 0 bridgehead atoms. The highest BCUT2D eigenvalue weighted by Crippen LogP contribution is 2.42. The van der Waals surface area contributed by atoms with E-state index < -0.39 is 11.7 Å². The molecule has 0 fully saturated rings. The lowest BCUT2D eigenvalue weighted by Crippen LogP contribution is -2.52. The molecule has 0 amide bonds. The van der Waals surface area contributed by atoms with Crippen molar-refractivity contribution < 1.29 is 14.6 Å². The molecule has 2 heterocycles. The van der Waals surface area contributed by atoms with Crippen LogP contribution >= 0.6 is 11.6 Å². The maximum absolute atomic E-state index is 12.4. The van der Waals surface area contributed by atoms with Crippen LogP contribution in [-0.2, 0) is 0 Å². The van der Waals surface area contributed by atoms with Gasteiger partial charge >= 0.3 is 0 Å². The second-order valence-corrected chi connectivity index (χ2v) is 8.03. The predicted octanol–water partition coefficient (Wildman–Crippen LogP) is 3.79. The number of hydrogen-bond donors (Lipinski definition) is 2. The summed E-state index contributed by atoms with van der Waals surface area (Å²) in [4.78, 5) is 0. The van der Waals surface area contributed by atoms with E-state index in [-0.39, 0.29) is 11.2 Å². The number of nitrogens with one attached hydrogen (secondary N) is 1.